The number of hydrogen-bond acceptors (Lipinski definition) is 4. The molecular weight excluding hydrogens is 318 g/mol. The normalized spacial score (nSPS) is 14.3. The van der Waals surface area contributed by atoms with Gasteiger partial charge in [-0.3, -0.25) is 4.79 Å². The van der Waals surface area contributed by atoms with E-state index in [0.29, 0.717) is 5.75 Å². The number of carbonyl (C=O) groups excluding carboxylic acids is 1. The molecule has 0 saturated heterocycles. The van der Waals surface area contributed by atoms with Gasteiger partial charge in [0.25, 0.3) is 0 Å². The van der Waals surface area contributed by atoms with Crippen molar-refractivity contribution in [2.24, 2.45) is 0 Å². The van der Waals surface area contributed by atoms with Crippen LogP contribution in [0.3, 0.4) is 0 Å². The van der Waals surface area contributed by atoms with Crippen LogP contribution in [0.5, 0.6) is 0 Å². The highest BCUT2D eigenvalue weighted by molar-refractivity contribution is 7.99. The second-order valence-corrected chi connectivity index (χ2v) is 7.63. The lowest BCUT2D eigenvalue weighted by Gasteiger charge is -2.13. The highest BCUT2D eigenvalue weighted by Gasteiger charge is 2.18. The number of carbonyl (C=O) groups is 1. The SMILES string of the molecule is Cc1cc(C(=O)CSc2nnc3n2CCCCC3)c(C)c(C)c1C. The van der Waals surface area contributed by atoms with Gasteiger partial charge in [0.05, 0.1) is 5.75 Å². The third kappa shape index (κ3) is 3.27. The van der Waals surface area contributed by atoms with E-state index in [1.807, 2.05) is 13.0 Å². The lowest BCUT2D eigenvalue weighted by atomic mass is 9.93. The molecule has 24 heavy (non-hydrogen) atoms. The Morgan fingerprint density at radius 3 is 2.67 bits per heavy atom. The monoisotopic (exact) mass is 343 g/mol. The Morgan fingerprint density at radius 2 is 1.88 bits per heavy atom. The van der Waals surface area contributed by atoms with Gasteiger partial charge in [0.15, 0.2) is 10.9 Å². The quantitative estimate of drug-likeness (QED) is 0.616. The van der Waals surface area contributed by atoms with Gasteiger partial charge in [0.2, 0.25) is 0 Å². The number of nitrogens with zero attached hydrogens (tertiary/aromatic N) is 3. The molecule has 5 heteroatoms. The molecule has 0 radical (unpaired) electrons. The topological polar surface area (TPSA) is 47.8 Å². The molecule has 0 fully saturated rings. The van der Waals surface area contributed by atoms with Crippen LogP contribution >= 0.6 is 11.8 Å². The highest BCUT2D eigenvalue weighted by Crippen LogP contribution is 2.25. The minimum absolute atomic E-state index is 0.176. The fourth-order valence-corrected chi connectivity index (χ4v) is 4.14. The number of benzene rings is 1. The van der Waals surface area contributed by atoms with Crippen molar-refractivity contribution in [2.75, 3.05) is 5.75 Å². The fraction of sp³-hybridized carbons (Fsp3) is 0.526. The minimum atomic E-state index is 0.176. The molecule has 128 valence electrons. The van der Waals surface area contributed by atoms with Gasteiger partial charge in [-0.15, -0.1) is 10.2 Å². The maximum Gasteiger partial charge on any atom is 0.191 e. The average molecular weight is 343 g/mol. The second-order valence-electron chi connectivity index (χ2n) is 6.69. The van der Waals surface area contributed by atoms with Gasteiger partial charge in [-0.25, -0.2) is 0 Å². The number of aromatic nitrogens is 3. The predicted molar refractivity (Wildman–Crippen MR) is 98.0 cm³/mol. The van der Waals surface area contributed by atoms with E-state index in [1.54, 1.807) is 0 Å². The summed E-state index contributed by atoms with van der Waals surface area (Å²) in [7, 11) is 0. The van der Waals surface area contributed by atoms with Crippen LogP contribution in [0.1, 0.15) is 57.7 Å². The van der Waals surface area contributed by atoms with Gasteiger partial charge in [0, 0.05) is 18.5 Å². The van der Waals surface area contributed by atoms with E-state index in [9.17, 15) is 4.79 Å². The van der Waals surface area contributed by atoms with Crippen molar-refractivity contribution in [1.29, 1.82) is 0 Å². The van der Waals surface area contributed by atoms with Crippen LogP contribution in [-0.4, -0.2) is 26.3 Å². The van der Waals surface area contributed by atoms with Gasteiger partial charge < -0.3 is 4.57 Å². The third-order valence-corrected chi connectivity index (χ3v) is 6.16. The van der Waals surface area contributed by atoms with Gasteiger partial charge in [-0.1, -0.05) is 18.2 Å². The van der Waals surface area contributed by atoms with E-state index in [-0.39, 0.29) is 5.78 Å². The summed E-state index contributed by atoms with van der Waals surface area (Å²) < 4.78 is 2.20. The predicted octanol–water partition coefficient (Wildman–Crippen LogP) is 4.21. The molecule has 1 aromatic heterocycles. The standard InChI is InChI=1S/C19H25N3OS/c1-12-10-16(15(4)14(3)13(12)2)17(23)11-24-19-21-20-18-8-6-5-7-9-22(18)19/h10H,5-9,11H2,1-4H3. The van der Waals surface area contributed by atoms with E-state index >= 15 is 0 Å². The summed E-state index contributed by atoms with van der Waals surface area (Å²) in [5.41, 5.74) is 5.63. The lowest BCUT2D eigenvalue weighted by molar-refractivity contribution is 0.102. The summed E-state index contributed by atoms with van der Waals surface area (Å²) in [5.74, 6) is 1.66. The molecule has 3 rings (SSSR count). The van der Waals surface area contributed by atoms with E-state index < -0.39 is 0 Å². The molecule has 0 spiro atoms. The van der Waals surface area contributed by atoms with Gasteiger partial charge >= 0.3 is 0 Å². The molecule has 1 aliphatic rings. The van der Waals surface area contributed by atoms with Crippen LogP contribution in [0.25, 0.3) is 0 Å². The Labute approximate surface area is 148 Å². The number of hydrogen-bond donors (Lipinski definition) is 0. The Bertz CT molecular complexity index is 779. The van der Waals surface area contributed by atoms with Crippen molar-refractivity contribution in [3.63, 3.8) is 0 Å². The number of thioether (sulfide) groups is 1. The fourth-order valence-electron chi connectivity index (χ4n) is 3.27. The van der Waals surface area contributed by atoms with Gasteiger partial charge in [-0.2, -0.15) is 0 Å². The Morgan fingerprint density at radius 1 is 1.08 bits per heavy atom. The molecule has 0 amide bonds. The molecule has 0 saturated carbocycles. The zero-order valence-electron chi connectivity index (χ0n) is 15.0. The first-order chi connectivity index (χ1) is 11.5. The van der Waals surface area contributed by atoms with E-state index in [1.165, 1.54) is 47.7 Å². The smallest absolute Gasteiger partial charge is 0.191 e. The number of aryl methyl sites for hydroxylation is 2. The van der Waals surface area contributed by atoms with Crippen molar-refractivity contribution in [2.45, 2.75) is 65.1 Å². The molecule has 1 aromatic carbocycles. The Kier molecular flexibility index (Phi) is 5.09. The van der Waals surface area contributed by atoms with Gasteiger partial charge in [0.1, 0.15) is 5.82 Å². The van der Waals surface area contributed by atoms with E-state index in [0.717, 1.165) is 35.1 Å². The maximum absolute atomic E-state index is 12.7. The van der Waals surface area contributed by atoms with Crippen LogP contribution in [0.15, 0.2) is 11.2 Å². The Hall–Kier alpha value is -1.62. The van der Waals surface area contributed by atoms with E-state index in [4.69, 9.17) is 0 Å². The first-order valence-corrected chi connectivity index (χ1v) is 9.63. The summed E-state index contributed by atoms with van der Waals surface area (Å²) in [6, 6.07) is 2.03. The molecule has 0 atom stereocenters. The maximum atomic E-state index is 12.7. The summed E-state index contributed by atoms with van der Waals surface area (Å²) in [6.45, 7) is 9.31. The molecule has 0 unspecified atom stereocenters. The van der Waals surface area contributed by atoms with Crippen molar-refractivity contribution in [1.82, 2.24) is 14.8 Å². The number of ketones is 1. The lowest BCUT2D eigenvalue weighted by Crippen LogP contribution is -2.09. The highest BCUT2D eigenvalue weighted by atomic mass is 32.2. The number of Topliss-reactive ketones (excluding diaryl/α,β-unsaturated/α-hetero) is 1. The molecule has 2 heterocycles. The minimum Gasteiger partial charge on any atom is -0.306 e. The third-order valence-electron chi connectivity index (χ3n) is 5.19. The molecule has 2 aromatic rings. The summed E-state index contributed by atoms with van der Waals surface area (Å²) in [6.07, 6.45) is 4.59. The van der Waals surface area contributed by atoms with Crippen LogP contribution in [-0.2, 0) is 13.0 Å². The zero-order valence-corrected chi connectivity index (χ0v) is 15.8. The molecule has 0 bridgehead atoms. The molecule has 0 aliphatic carbocycles. The first kappa shape index (κ1) is 17.2. The van der Waals surface area contributed by atoms with Crippen LogP contribution in [0.2, 0.25) is 0 Å². The van der Waals surface area contributed by atoms with Crippen molar-refractivity contribution >= 4 is 17.5 Å². The molecule has 1 aliphatic heterocycles. The molecule has 0 N–H and O–H groups in total. The van der Waals surface area contributed by atoms with Crippen molar-refractivity contribution in [3.8, 4) is 0 Å². The largest absolute Gasteiger partial charge is 0.306 e. The first-order valence-electron chi connectivity index (χ1n) is 8.64. The summed E-state index contributed by atoms with van der Waals surface area (Å²) in [5, 5.41) is 9.49. The molecular formula is C19H25N3OS. The average Bonchev–Trinajstić information content (AvgIpc) is 2.80. The number of rotatable bonds is 4. The summed E-state index contributed by atoms with van der Waals surface area (Å²) in [4.78, 5) is 12.7. The second kappa shape index (κ2) is 7.09. The molecule has 4 nitrogen and oxygen atoms in total. The summed E-state index contributed by atoms with van der Waals surface area (Å²) >= 11 is 1.52. The van der Waals surface area contributed by atoms with E-state index in [2.05, 4.69) is 35.5 Å². The number of fused-ring (bicyclic) bond motifs is 1. The van der Waals surface area contributed by atoms with Crippen molar-refractivity contribution in [3.05, 3.63) is 39.7 Å². The van der Waals surface area contributed by atoms with Crippen LogP contribution in [0.4, 0.5) is 0 Å². The van der Waals surface area contributed by atoms with Gasteiger partial charge in [-0.05, 0) is 68.9 Å². The van der Waals surface area contributed by atoms with Crippen LogP contribution in [0, 0.1) is 27.7 Å². The zero-order chi connectivity index (χ0) is 17.3. The Balaban J connectivity index is 1.76. The van der Waals surface area contributed by atoms with Crippen LogP contribution < -0.4 is 0 Å². The van der Waals surface area contributed by atoms with Crippen molar-refractivity contribution < 1.29 is 4.79 Å².